The van der Waals surface area contributed by atoms with Crippen LogP contribution in [0.4, 0.5) is 5.69 Å². The number of nitrogens with one attached hydrogen (secondary N) is 2. The number of anilines is 1. The minimum absolute atomic E-state index is 0.124. The van der Waals surface area contributed by atoms with Crippen LogP contribution in [0.3, 0.4) is 0 Å². The van der Waals surface area contributed by atoms with Gasteiger partial charge in [0.2, 0.25) is 15.9 Å². The molecule has 0 fully saturated rings. The van der Waals surface area contributed by atoms with Gasteiger partial charge in [-0.25, -0.2) is 13.1 Å². The predicted molar refractivity (Wildman–Crippen MR) is 107 cm³/mol. The molecular formula is C20H24N2O4S. The molecule has 0 bridgehead atoms. The number of benzene rings is 2. The highest BCUT2D eigenvalue weighted by Crippen LogP contribution is 2.15. The number of aryl methyl sites for hydroxylation is 1. The molecule has 2 aromatic carbocycles. The van der Waals surface area contributed by atoms with E-state index in [2.05, 4.69) is 10.0 Å². The van der Waals surface area contributed by atoms with Crippen molar-refractivity contribution in [3.05, 3.63) is 65.7 Å². The molecule has 1 atom stereocenters. The van der Waals surface area contributed by atoms with Gasteiger partial charge in [-0.05, 0) is 49.8 Å². The Morgan fingerprint density at radius 2 is 1.89 bits per heavy atom. The summed E-state index contributed by atoms with van der Waals surface area (Å²) in [5.74, 6) is -0.293. The van der Waals surface area contributed by atoms with Crippen molar-refractivity contribution in [1.82, 2.24) is 4.72 Å². The molecule has 0 aromatic heterocycles. The van der Waals surface area contributed by atoms with Gasteiger partial charge in [0.05, 0.1) is 11.5 Å². The van der Waals surface area contributed by atoms with Gasteiger partial charge in [-0.2, -0.15) is 0 Å². The third-order valence-corrected chi connectivity index (χ3v) is 5.28. The fraction of sp³-hybridized carbons (Fsp3) is 0.250. The Bertz CT molecular complexity index is 906. The highest BCUT2D eigenvalue weighted by molar-refractivity contribution is 7.89. The highest BCUT2D eigenvalue weighted by Gasteiger charge is 2.17. The third-order valence-electron chi connectivity index (χ3n) is 3.67. The molecule has 0 saturated heterocycles. The Hall–Kier alpha value is -2.48. The number of hydrogen-bond acceptors (Lipinski definition) is 4. The first-order valence-corrected chi connectivity index (χ1v) is 9.95. The Labute approximate surface area is 160 Å². The standard InChI is InChI=1S/C20H24N2O4S/c1-15-5-4-6-17(13-15)7-12-20(23)21-18-8-10-19(11-9-18)27(24,25)22-16(2)14-26-3/h4-13,16,22H,14H2,1-3H3,(H,21,23)/b12-7+. The molecule has 0 aliphatic rings. The van der Waals surface area contributed by atoms with Gasteiger partial charge in [-0.15, -0.1) is 0 Å². The van der Waals surface area contributed by atoms with Crippen LogP contribution in [0.25, 0.3) is 6.08 Å². The molecule has 2 N–H and O–H groups in total. The van der Waals surface area contributed by atoms with E-state index in [4.69, 9.17) is 4.74 Å². The first-order valence-electron chi connectivity index (χ1n) is 8.47. The number of rotatable bonds is 8. The molecule has 6 nitrogen and oxygen atoms in total. The largest absolute Gasteiger partial charge is 0.383 e. The summed E-state index contributed by atoms with van der Waals surface area (Å²) in [6, 6.07) is 13.4. The van der Waals surface area contributed by atoms with E-state index in [-0.39, 0.29) is 23.5 Å². The zero-order valence-electron chi connectivity index (χ0n) is 15.6. The van der Waals surface area contributed by atoms with Gasteiger partial charge in [0, 0.05) is 24.9 Å². The number of carbonyl (C=O) groups is 1. The van der Waals surface area contributed by atoms with E-state index in [0.29, 0.717) is 5.69 Å². The second-order valence-corrected chi connectivity index (χ2v) is 7.95. The molecule has 144 valence electrons. The minimum Gasteiger partial charge on any atom is -0.383 e. The summed E-state index contributed by atoms with van der Waals surface area (Å²) in [6.07, 6.45) is 3.16. The van der Waals surface area contributed by atoms with E-state index in [1.165, 1.54) is 25.3 Å². The SMILES string of the molecule is COCC(C)NS(=O)(=O)c1ccc(NC(=O)/C=C/c2cccc(C)c2)cc1. The van der Waals surface area contributed by atoms with Crippen LogP contribution in [0.1, 0.15) is 18.1 Å². The normalized spacial score (nSPS) is 12.9. The molecule has 0 aliphatic heterocycles. The predicted octanol–water partition coefficient (Wildman–Crippen LogP) is 2.96. The molecule has 2 rings (SSSR count). The van der Waals surface area contributed by atoms with E-state index in [0.717, 1.165) is 11.1 Å². The van der Waals surface area contributed by atoms with Gasteiger partial charge in [0.25, 0.3) is 0 Å². The molecule has 1 unspecified atom stereocenters. The summed E-state index contributed by atoms with van der Waals surface area (Å²) in [7, 11) is -2.12. The molecule has 1 amide bonds. The number of amides is 1. The fourth-order valence-corrected chi connectivity index (χ4v) is 3.69. The maximum atomic E-state index is 12.3. The van der Waals surface area contributed by atoms with Gasteiger partial charge in [0.1, 0.15) is 0 Å². The molecule has 0 saturated carbocycles. The summed E-state index contributed by atoms with van der Waals surface area (Å²) in [6.45, 7) is 3.98. The second-order valence-electron chi connectivity index (χ2n) is 6.24. The molecular weight excluding hydrogens is 364 g/mol. The van der Waals surface area contributed by atoms with Gasteiger partial charge in [-0.3, -0.25) is 4.79 Å². The molecule has 0 radical (unpaired) electrons. The van der Waals surface area contributed by atoms with Crippen molar-refractivity contribution in [2.45, 2.75) is 24.8 Å². The topological polar surface area (TPSA) is 84.5 Å². The summed E-state index contributed by atoms with van der Waals surface area (Å²) in [5, 5.41) is 2.71. The highest BCUT2D eigenvalue weighted by atomic mass is 32.2. The monoisotopic (exact) mass is 388 g/mol. The van der Waals surface area contributed by atoms with Crippen LogP contribution in [0, 0.1) is 6.92 Å². The van der Waals surface area contributed by atoms with E-state index in [1.54, 1.807) is 25.1 Å². The lowest BCUT2D eigenvalue weighted by molar-refractivity contribution is -0.111. The van der Waals surface area contributed by atoms with Crippen LogP contribution in [0.15, 0.2) is 59.5 Å². The summed E-state index contributed by atoms with van der Waals surface area (Å²) in [4.78, 5) is 12.2. The maximum absolute atomic E-state index is 12.3. The van der Waals surface area contributed by atoms with E-state index in [1.807, 2.05) is 31.2 Å². The van der Waals surface area contributed by atoms with Crippen LogP contribution in [0.2, 0.25) is 0 Å². The lowest BCUT2D eigenvalue weighted by Gasteiger charge is -2.13. The summed E-state index contributed by atoms with van der Waals surface area (Å²) in [5.41, 5.74) is 2.56. The first kappa shape index (κ1) is 20.8. The zero-order chi connectivity index (χ0) is 19.9. The van der Waals surface area contributed by atoms with Crippen LogP contribution < -0.4 is 10.0 Å². The van der Waals surface area contributed by atoms with Crippen molar-refractivity contribution in [2.75, 3.05) is 19.0 Å². The lowest BCUT2D eigenvalue weighted by atomic mass is 10.1. The maximum Gasteiger partial charge on any atom is 0.248 e. The molecule has 0 spiro atoms. The van der Waals surface area contributed by atoms with Crippen molar-refractivity contribution in [3.63, 3.8) is 0 Å². The van der Waals surface area contributed by atoms with Crippen molar-refractivity contribution in [1.29, 1.82) is 0 Å². The van der Waals surface area contributed by atoms with Crippen molar-refractivity contribution in [3.8, 4) is 0 Å². The third kappa shape index (κ3) is 6.63. The number of ether oxygens (including phenoxy) is 1. The number of carbonyl (C=O) groups excluding carboxylic acids is 1. The van der Waals surface area contributed by atoms with Crippen LogP contribution in [-0.4, -0.2) is 34.1 Å². The van der Waals surface area contributed by atoms with Crippen LogP contribution in [0.5, 0.6) is 0 Å². The van der Waals surface area contributed by atoms with E-state index in [9.17, 15) is 13.2 Å². The quantitative estimate of drug-likeness (QED) is 0.681. The molecule has 7 heteroatoms. The Balaban J connectivity index is 1.99. The number of sulfonamides is 1. The molecule has 0 aliphatic carbocycles. The number of methoxy groups -OCH3 is 1. The zero-order valence-corrected chi connectivity index (χ0v) is 16.4. The average Bonchev–Trinajstić information content (AvgIpc) is 2.60. The van der Waals surface area contributed by atoms with E-state index < -0.39 is 10.0 Å². The van der Waals surface area contributed by atoms with E-state index >= 15 is 0 Å². The molecule has 0 heterocycles. The summed E-state index contributed by atoms with van der Waals surface area (Å²) >= 11 is 0. The van der Waals surface area contributed by atoms with Crippen LogP contribution >= 0.6 is 0 Å². The Morgan fingerprint density at radius 1 is 1.19 bits per heavy atom. The van der Waals surface area contributed by atoms with Gasteiger partial charge >= 0.3 is 0 Å². The Kier molecular flexibility index (Phi) is 7.29. The van der Waals surface area contributed by atoms with Gasteiger partial charge < -0.3 is 10.1 Å². The smallest absolute Gasteiger partial charge is 0.248 e. The lowest BCUT2D eigenvalue weighted by Crippen LogP contribution is -2.35. The molecule has 27 heavy (non-hydrogen) atoms. The Morgan fingerprint density at radius 3 is 2.52 bits per heavy atom. The van der Waals surface area contributed by atoms with Gasteiger partial charge in [0.15, 0.2) is 0 Å². The van der Waals surface area contributed by atoms with Gasteiger partial charge in [-0.1, -0.05) is 29.8 Å². The molecule has 2 aromatic rings. The fourth-order valence-electron chi connectivity index (χ4n) is 2.46. The minimum atomic E-state index is -3.63. The first-order chi connectivity index (χ1) is 12.8. The number of hydrogen-bond donors (Lipinski definition) is 2. The van der Waals surface area contributed by atoms with Crippen LogP contribution in [-0.2, 0) is 19.6 Å². The van der Waals surface area contributed by atoms with Crippen molar-refractivity contribution in [2.24, 2.45) is 0 Å². The average molecular weight is 388 g/mol. The van der Waals surface area contributed by atoms with Crippen molar-refractivity contribution >= 4 is 27.7 Å². The summed E-state index contributed by atoms with van der Waals surface area (Å²) < 4.78 is 32.0. The second kappa shape index (κ2) is 9.45. The van der Waals surface area contributed by atoms with Crippen molar-refractivity contribution < 1.29 is 17.9 Å².